The maximum atomic E-state index is 12.8. The van der Waals surface area contributed by atoms with Gasteiger partial charge in [-0.15, -0.1) is 0 Å². The molecule has 124 valence electrons. The van der Waals surface area contributed by atoms with E-state index in [-0.39, 0.29) is 24.6 Å². The minimum Gasteiger partial charge on any atom is -0.482 e. The highest BCUT2D eigenvalue weighted by atomic mass is 16.5. The predicted octanol–water partition coefficient (Wildman–Crippen LogP) is 0.514. The van der Waals surface area contributed by atoms with Gasteiger partial charge in [0.15, 0.2) is 6.61 Å². The Hall–Kier alpha value is -2.12. The maximum absolute atomic E-state index is 12.8. The Morgan fingerprint density at radius 2 is 1.91 bits per heavy atom. The second-order valence-corrected chi connectivity index (χ2v) is 5.82. The summed E-state index contributed by atoms with van der Waals surface area (Å²) >= 11 is 0. The molecular formula is C16H19NO6. The van der Waals surface area contributed by atoms with Gasteiger partial charge in [-0.25, -0.2) is 4.79 Å². The van der Waals surface area contributed by atoms with E-state index in [2.05, 4.69) is 0 Å². The predicted molar refractivity (Wildman–Crippen MR) is 79.4 cm³/mol. The first-order valence-electron chi connectivity index (χ1n) is 7.59. The van der Waals surface area contributed by atoms with Crippen molar-refractivity contribution in [3.63, 3.8) is 0 Å². The Kier molecular flexibility index (Phi) is 4.49. The first-order valence-corrected chi connectivity index (χ1v) is 7.59. The summed E-state index contributed by atoms with van der Waals surface area (Å²) in [4.78, 5) is 25.0. The third-order valence-corrected chi connectivity index (χ3v) is 4.02. The Bertz CT molecular complexity index is 583. The molecule has 2 fully saturated rings. The van der Waals surface area contributed by atoms with Crippen LogP contribution in [0.3, 0.4) is 0 Å². The van der Waals surface area contributed by atoms with Crippen LogP contribution in [0.15, 0.2) is 24.3 Å². The van der Waals surface area contributed by atoms with Crippen LogP contribution in [-0.4, -0.2) is 65.0 Å². The molecule has 1 aliphatic carbocycles. The zero-order valence-corrected chi connectivity index (χ0v) is 12.6. The molecule has 1 aromatic rings. The van der Waals surface area contributed by atoms with Gasteiger partial charge in [0.05, 0.1) is 25.4 Å². The van der Waals surface area contributed by atoms with Crippen LogP contribution in [0.1, 0.15) is 23.2 Å². The lowest BCUT2D eigenvalue weighted by molar-refractivity contribution is -0.139. The molecule has 0 radical (unpaired) electrons. The second kappa shape index (κ2) is 6.55. The molecule has 23 heavy (non-hydrogen) atoms. The van der Waals surface area contributed by atoms with Crippen molar-refractivity contribution in [1.82, 2.24) is 4.90 Å². The van der Waals surface area contributed by atoms with Gasteiger partial charge in [0, 0.05) is 11.6 Å². The van der Waals surface area contributed by atoms with Crippen molar-refractivity contribution in [2.24, 2.45) is 0 Å². The lowest BCUT2D eigenvalue weighted by Gasteiger charge is -2.30. The van der Waals surface area contributed by atoms with Crippen LogP contribution in [0.5, 0.6) is 5.75 Å². The fraction of sp³-hybridized carbons (Fsp3) is 0.500. The van der Waals surface area contributed by atoms with Crippen LogP contribution >= 0.6 is 0 Å². The fourth-order valence-electron chi connectivity index (χ4n) is 2.73. The first kappa shape index (κ1) is 15.8. The average molecular weight is 321 g/mol. The number of carboxylic acids is 1. The maximum Gasteiger partial charge on any atom is 0.341 e. The van der Waals surface area contributed by atoms with E-state index in [4.69, 9.17) is 14.6 Å². The topological polar surface area (TPSA) is 96.3 Å². The Balaban J connectivity index is 1.71. The van der Waals surface area contributed by atoms with Crippen molar-refractivity contribution >= 4 is 11.9 Å². The van der Waals surface area contributed by atoms with Crippen LogP contribution in [0.25, 0.3) is 0 Å². The van der Waals surface area contributed by atoms with Crippen LogP contribution in [-0.2, 0) is 9.53 Å². The Morgan fingerprint density at radius 3 is 2.43 bits per heavy atom. The molecule has 7 heteroatoms. The molecule has 2 atom stereocenters. The molecule has 1 aromatic carbocycles. The van der Waals surface area contributed by atoms with Crippen molar-refractivity contribution in [2.45, 2.75) is 31.0 Å². The number of benzene rings is 1. The Morgan fingerprint density at radius 1 is 1.22 bits per heavy atom. The minimum atomic E-state index is -1.06. The summed E-state index contributed by atoms with van der Waals surface area (Å²) < 4.78 is 10.3. The van der Waals surface area contributed by atoms with Gasteiger partial charge in [-0.05, 0) is 37.1 Å². The lowest BCUT2D eigenvalue weighted by atomic mass is 10.1. The number of carboxylic acid groups (broad SMARTS) is 1. The number of ether oxygens (including phenoxy) is 2. The number of aliphatic hydroxyl groups excluding tert-OH is 1. The molecule has 1 amide bonds. The van der Waals surface area contributed by atoms with Crippen LogP contribution < -0.4 is 4.74 Å². The van der Waals surface area contributed by atoms with Crippen molar-refractivity contribution in [2.75, 3.05) is 19.8 Å². The van der Waals surface area contributed by atoms with Crippen molar-refractivity contribution in [1.29, 1.82) is 0 Å². The number of carbonyl (C=O) groups is 2. The van der Waals surface area contributed by atoms with E-state index >= 15 is 0 Å². The monoisotopic (exact) mass is 321 g/mol. The number of aliphatic carboxylic acids is 1. The lowest BCUT2D eigenvalue weighted by Crippen LogP contribution is -2.47. The summed E-state index contributed by atoms with van der Waals surface area (Å²) in [6.07, 6.45) is 1.22. The van der Waals surface area contributed by atoms with Gasteiger partial charge < -0.3 is 24.6 Å². The van der Waals surface area contributed by atoms with Crippen molar-refractivity contribution in [3.8, 4) is 5.75 Å². The minimum absolute atomic E-state index is 0.146. The fourth-order valence-corrected chi connectivity index (χ4v) is 2.73. The smallest absolute Gasteiger partial charge is 0.341 e. The first-order chi connectivity index (χ1) is 11.1. The highest BCUT2D eigenvalue weighted by Gasteiger charge is 2.42. The number of amides is 1. The van der Waals surface area contributed by atoms with E-state index in [0.717, 1.165) is 12.8 Å². The zero-order chi connectivity index (χ0) is 16.4. The van der Waals surface area contributed by atoms with Crippen molar-refractivity contribution < 1.29 is 29.3 Å². The molecule has 0 spiro atoms. The van der Waals surface area contributed by atoms with Gasteiger partial charge in [-0.1, -0.05) is 0 Å². The summed E-state index contributed by atoms with van der Waals surface area (Å²) in [5.41, 5.74) is 0.485. The molecule has 3 rings (SSSR count). The number of rotatable bonds is 6. The SMILES string of the molecule is O=C(O)COc1ccc(C(=O)N(C2CC2)[C@@H]2COC[C@H]2O)cc1. The van der Waals surface area contributed by atoms with E-state index in [1.165, 1.54) is 0 Å². The molecular weight excluding hydrogens is 302 g/mol. The van der Waals surface area contributed by atoms with Gasteiger partial charge in [0.2, 0.25) is 0 Å². The summed E-state index contributed by atoms with van der Waals surface area (Å²) in [6, 6.07) is 6.21. The quantitative estimate of drug-likeness (QED) is 0.793. The molecule has 2 aliphatic rings. The Labute approximate surface area is 133 Å². The highest BCUT2D eigenvalue weighted by molar-refractivity contribution is 5.95. The standard InChI is InChI=1S/C16H19NO6/c18-14-8-22-7-13(14)17(11-3-4-11)16(21)10-1-5-12(6-2-10)23-9-15(19)20/h1-2,5-6,11,13-14,18H,3-4,7-9H2,(H,19,20)/t13-,14-/m1/s1. The molecule has 7 nitrogen and oxygen atoms in total. The number of aliphatic hydroxyl groups is 1. The molecule has 0 bridgehead atoms. The van der Waals surface area contributed by atoms with E-state index in [0.29, 0.717) is 17.9 Å². The molecule has 0 aromatic heterocycles. The number of carbonyl (C=O) groups excluding carboxylic acids is 1. The van der Waals surface area contributed by atoms with E-state index in [1.807, 2.05) is 0 Å². The third kappa shape index (κ3) is 3.62. The summed E-state index contributed by atoms with van der Waals surface area (Å²) in [6.45, 7) is 0.180. The molecule has 1 saturated heterocycles. The molecule has 0 unspecified atom stereocenters. The normalized spacial score (nSPS) is 23.5. The molecule has 1 heterocycles. The van der Waals surface area contributed by atoms with Gasteiger partial charge in [0.25, 0.3) is 5.91 Å². The number of nitrogens with zero attached hydrogens (tertiary/aromatic N) is 1. The van der Waals surface area contributed by atoms with Crippen LogP contribution in [0, 0.1) is 0 Å². The van der Waals surface area contributed by atoms with Gasteiger partial charge in [0.1, 0.15) is 5.75 Å². The number of hydrogen-bond donors (Lipinski definition) is 2. The number of hydrogen-bond acceptors (Lipinski definition) is 5. The second-order valence-electron chi connectivity index (χ2n) is 5.82. The third-order valence-electron chi connectivity index (χ3n) is 4.02. The van der Waals surface area contributed by atoms with E-state index < -0.39 is 18.7 Å². The van der Waals surface area contributed by atoms with Gasteiger partial charge >= 0.3 is 5.97 Å². The molecule has 1 aliphatic heterocycles. The average Bonchev–Trinajstić information content (AvgIpc) is 3.28. The van der Waals surface area contributed by atoms with E-state index in [1.54, 1.807) is 29.2 Å². The van der Waals surface area contributed by atoms with Gasteiger partial charge in [-0.2, -0.15) is 0 Å². The molecule has 1 saturated carbocycles. The zero-order valence-electron chi connectivity index (χ0n) is 12.6. The summed E-state index contributed by atoms with van der Waals surface area (Å²) in [5.74, 6) is -0.807. The molecule has 2 N–H and O–H groups in total. The summed E-state index contributed by atoms with van der Waals surface area (Å²) in [5, 5.41) is 18.6. The van der Waals surface area contributed by atoms with Gasteiger partial charge in [-0.3, -0.25) is 4.79 Å². The largest absolute Gasteiger partial charge is 0.482 e. The van der Waals surface area contributed by atoms with Crippen molar-refractivity contribution in [3.05, 3.63) is 29.8 Å². The van der Waals surface area contributed by atoms with E-state index in [9.17, 15) is 14.7 Å². The van der Waals surface area contributed by atoms with Crippen LogP contribution in [0.4, 0.5) is 0 Å². The van der Waals surface area contributed by atoms with Crippen LogP contribution in [0.2, 0.25) is 0 Å². The summed E-state index contributed by atoms with van der Waals surface area (Å²) in [7, 11) is 0. The highest BCUT2D eigenvalue weighted by Crippen LogP contribution is 2.32.